The molecule has 0 radical (unpaired) electrons. The molecule has 2 fully saturated rings. The minimum Gasteiger partial charge on any atom is -0.489 e. The standard InChI is InChI=1S/C30H27Cl2F5N2O7S2/c31-22-13-38-14-23(32)21(22)12-25(18-3-8-24(46-29(33)34)26(11-18)43-15-17-1-2-17)45-28(40)27-39(9-10-47-27)48(41,42)20-6-4-19(5-7-20)44-16-30(35,36)37/h3-8,11,13-14,17,25,27,29H,1-2,9-10,12,15-16H2. The van der Waals surface area contributed by atoms with E-state index in [1.165, 1.54) is 30.6 Å². The lowest BCUT2D eigenvalue weighted by Gasteiger charge is -2.26. The van der Waals surface area contributed by atoms with Gasteiger partial charge in [-0.2, -0.15) is 26.3 Å². The van der Waals surface area contributed by atoms with E-state index in [0.29, 0.717) is 11.1 Å². The Morgan fingerprint density at radius 2 is 1.71 bits per heavy atom. The molecule has 260 valence electrons. The summed E-state index contributed by atoms with van der Waals surface area (Å²) in [4.78, 5) is 17.4. The van der Waals surface area contributed by atoms with Crippen LogP contribution in [0.4, 0.5) is 22.0 Å². The topological polar surface area (TPSA) is 104 Å². The molecule has 1 aromatic heterocycles. The van der Waals surface area contributed by atoms with E-state index in [4.69, 9.17) is 32.7 Å². The van der Waals surface area contributed by atoms with Crippen molar-refractivity contribution in [3.05, 3.63) is 76.0 Å². The van der Waals surface area contributed by atoms with Crippen molar-refractivity contribution in [1.29, 1.82) is 0 Å². The SMILES string of the molecule is O=C(OC(Cc1c(Cl)cncc1Cl)c1ccc(OC(F)F)c(OCC2CC2)c1)C1SCCN1S(=O)(=O)c1ccc(OCC(F)(F)F)cc1. The molecule has 9 nitrogen and oxygen atoms in total. The van der Waals surface area contributed by atoms with Crippen LogP contribution in [0.1, 0.15) is 30.1 Å². The normalized spacial score (nSPS) is 17.7. The van der Waals surface area contributed by atoms with Crippen molar-refractivity contribution in [1.82, 2.24) is 9.29 Å². The Kier molecular flexibility index (Phi) is 11.5. The van der Waals surface area contributed by atoms with E-state index >= 15 is 0 Å². The van der Waals surface area contributed by atoms with Gasteiger partial charge in [-0.1, -0.05) is 29.3 Å². The number of nitrogens with zero attached hydrogens (tertiary/aromatic N) is 2. The molecule has 48 heavy (non-hydrogen) atoms. The third-order valence-electron chi connectivity index (χ3n) is 7.21. The van der Waals surface area contributed by atoms with Gasteiger partial charge in [-0.15, -0.1) is 11.8 Å². The van der Waals surface area contributed by atoms with Crippen molar-refractivity contribution in [3.63, 3.8) is 0 Å². The zero-order valence-corrected chi connectivity index (χ0v) is 27.8. The van der Waals surface area contributed by atoms with Crippen LogP contribution >= 0.6 is 35.0 Å². The molecule has 5 rings (SSSR count). The van der Waals surface area contributed by atoms with E-state index in [9.17, 15) is 35.2 Å². The molecular formula is C30H27Cl2F5N2O7S2. The highest BCUT2D eigenvalue weighted by Crippen LogP contribution is 2.39. The lowest BCUT2D eigenvalue weighted by molar-refractivity contribution is -0.153. The molecule has 2 aliphatic rings. The van der Waals surface area contributed by atoms with Crippen LogP contribution in [0.15, 0.2) is 59.8 Å². The number of esters is 1. The molecule has 2 atom stereocenters. The number of hydrogen-bond donors (Lipinski definition) is 0. The fraction of sp³-hybridized carbons (Fsp3) is 0.400. The van der Waals surface area contributed by atoms with Gasteiger partial charge in [0.25, 0.3) is 0 Å². The Labute approximate surface area is 286 Å². The van der Waals surface area contributed by atoms with Crippen LogP contribution in [0, 0.1) is 5.92 Å². The van der Waals surface area contributed by atoms with Crippen LogP contribution in [0.5, 0.6) is 17.2 Å². The van der Waals surface area contributed by atoms with Crippen LogP contribution < -0.4 is 14.2 Å². The van der Waals surface area contributed by atoms with Crippen molar-refractivity contribution >= 4 is 51.0 Å². The first kappa shape index (κ1) is 36.2. The molecule has 2 aromatic carbocycles. The summed E-state index contributed by atoms with van der Waals surface area (Å²) in [5, 5.41) is -1.02. The number of pyridine rings is 1. The predicted octanol–water partition coefficient (Wildman–Crippen LogP) is 7.31. The van der Waals surface area contributed by atoms with E-state index in [-0.39, 0.29) is 63.4 Å². The van der Waals surface area contributed by atoms with E-state index in [0.717, 1.165) is 53.2 Å². The van der Waals surface area contributed by atoms with Crippen LogP contribution in [-0.2, 0) is 26.0 Å². The van der Waals surface area contributed by atoms with Crippen molar-refractivity contribution in [2.45, 2.75) is 48.4 Å². The number of carbonyl (C=O) groups is 1. The number of ether oxygens (including phenoxy) is 4. The Hall–Kier alpha value is -3.05. The summed E-state index contributed by atoms with van der Waals surface area (Å²) in [6.07, 6.45) is -1.31. The van der Waals surface area contributed by atoms with E-state index < -0.39 is 46.9 Å². The second-order valence-electron chi connectivity index (χ2n) is 10.8. The fourth-order valence-corrected chi connectivity index (χ4v) is 8.23. The maximum absolute atomic E-state index is 13.7. The highest BCUT2D eigenvalue weighted by molar-refractivity contribution is 8.02. The third kappa shape index (κ3) is 9.34. The summed E-state index contributed by atoms with van der Waals surface area (Å²) >= 11 is 13.7. The largest absolute Gasteiger partial charge is 0.489 e. The summed E-state index contributed by atoms with van der Waals surface area (Å²) in [5.74, 6) is -0.859. The first-order valence-corrected chi connectivity index (χ1v) is 17.6. The van der Waals surface area contributed by atoms with Crippen LogP contribution in [0.25, 0.3) is 0 Å². The van der Waals surface area contributed by atoms with Gasteiger partial charge >= 0.3 is 18.8 Å². The number of aromatic nitrogens is 1. The Balaban J connectivity index is 1.41. The van der Waals surface area contributed by atoms with Gasteiger partial charge in [0.1, 0.15) is 11.9 Å². The van der Waals surface area contributed by atoms with Crippen LogP contribution in [-0.4, -0.2) is 67.3 Å². The van der Waals surface area contributed by atoms with Crippen molar-refractivity contribution in [2.24, 2.45) is 5.92 Å². The molecule has 2 unspecified atom stereocenters. The van der Waals surface area contributed by atoms with Crippen molar-refractivity contribution < 1.29 is 54.1 Å². The monoisotopic (exact) mass is 756 g/mol. The number of alkyl halides is 5. The van der Waals surface area contributed by atoms with Crippen molar-refractivity contribution in [2.75, 3.05) is 25.5 Å². The lowest BCUT2D eigenvalue weighted by atomic mass is 10.0. The zero-order chi connectivity index (χ0) is 34.6. The van der Waals surface area contributed by atoms with Gasteiger partial charge in [0.05, 0.1) is 21.5 Å². The molecule has 0 spiro atoms. The van der Waals surface area contributed by atoms with Gasteiger partial charge in [0.2, 0.25) is 10.0 Å². The molecule has 2 heterocycles. The van der Waals surface area contributed by atoms with Crippen LogP contribution in [0.3, 0.4) is 0 Å². The summed E-state index contributed by atoms with van der Waals surface area (Å²) in [5.41, 5.74) is 0.655. The van der Waals surface area contributed by atoms with Crippen molar-refractivity contribution in [3.8, 4) is 17.2 Å². The average molecular weight is 758 g/mol. The number of sulfonamides is 1. The Morgan fingerprint density at radius 1 is 1.02 bits per heavy atom. The van der Waals surface area contributed by atoms with E-state index in [1.807, 2.05) is 0 Å². The summed E-state index contributed by atoms with van der Waals surface area (Å²) in [7, 11) is -4.32. The number of benzene rings is 2. The maximum Gasteiger partial charge on any atom is 0.422 e. The molecule has 0 amide bonds. The first-order chi connectivity index (χ1) is 22.7. The lowest BCUT2D eigenvalue weighted by Crippen LogP contribution is -2.40. The molecule has 18 heteroatoms. The predicted molar refractivity (Wildman–Crippen MR) is 166 cm³/mol. The summed E-state index contributed by atoms with van der Waals surface area (Å²) in [6.45, 7) is -4.48. The molecule has 1 aliphatic carbocycles. The summed E-state index contributed by atoms with van der Waals surface area (Å²) in [6, 6.07) is 8.38. The molecule has 0 bridgehead atoms. The first-order valence-electron chi connectivity index (χ1n) is 14.3. The number of rotatable bonds is 14. The molecule has 1 saturated heterocycles. The maximum atomic E-state index is 13.7. The smallest absolute Gasteiger partial charge is 0.422 e. The molecule has 3 aromatic rings. The average Bonchev–Trinajstić information content (AvgIpc) is 3.72. The van der Waals surface area contributed by atoms with E-state index in [1.54, 1.807) is 0 Å². The second-order valence-corrected chi connectivity index (χ2v) is 14.7. The fourth-order valence-electron chi connectivity index (χ4n) is 4.66. The molecule has 1 saturated carbocycles. The zero-order valence-electron chi connectivity index (χ0n) is 24.7. The quantitative estimate of drug-likeness (QED) is 0.124. The minimum absolute atomic E-state index is 0.00484. The third-order valence-corrected chi connectivity index (χ3v) is 11.1. The second kappa shape index (κ2) is 15.2. The highest BCUT2D eigenvalue weighted by atomic mass is 35.5. The number of halogens is 7. The van der Waals surface area contributed by atoms with E-state index in [2.05, 4.69) is 14.5 Å². The molecular weight excluding hydrogens is 730 g/mol. The van der Waals surface area contributed by atoms with Gasteiger partial charge in [0, 0.05) is 31.1 Å². The Bertz CT molecular complexity index is 1690. The molecule has 1 aliphatic heterocycles. The van der Waals surface area contributed by atoms with Gasteiger partial charge < -0.3 is 18.9 Å². The van der Waals surface area contributed by atoms with Crippen LogP contribution in [0.2, 0.25) is 10.0 Å². The Morgan fingerprint density at radius 3 is 2.33 bits per heavy atom. The van der Waals surface area contributed by atoms with Gasteiger partial charge in [-0.25, -0.2) is 13.2 Å². The van der Waals surface area contributed by atoms with Gasteiger partial charge in [-0.3, -0.25) is 4.98 Å². The van der Waals surface area contributed by atoms with Gasteiger partial charge in [-0.05, 0) is 66.3 Å². The minimum atomic E-state index is -4.58. The molecule has 0 N–H and O–H groups in total. The highest BCUT2D eigenvalue weighted by Gasteiger charge is 2.42. The summed E-state index contributed by atoms with van der Waals surface area (Å²) < 4.78 is 113. The number of thioether (sulfide) groups is 1. The van der Waals surface area contributed by atoms with Gasteiger partial charge in [0.15, 0.2) is 23.5 Å². The number of carbonyl (C=O) groups excluding carboxylic acids is 1. The number of hydrogen-bond acceptors (Lipinski definition) is 9.